The lowest BCUT2D eigenvalue weighted by atomic mass is 10.1. The molecule has 10 heteroatoms. The standard InChI is InChI=1S/C20H20Cl2N6O2/c1-11(30-2)17-15(10-23-14-4-5-16(22)27-18(14)17)26-20(29)25-12-8-13(21)19(24-9-12)28-6-3-7-28/h4-5,8-11H,3,6-7H2,1-2H3,(H2,25,26,29). The van der Waals surface area contributed by atoms with Crippen molar-refractivity contribution in [1.29, 1.82) is 0 Å². The van der Waals surface area contributed by atoms with E-state index in [2.05, 4.69) is 30.5 Å². The number of pyridine rings is 3. The Morgan fingerprint density at radius 1 is 1.20 bits per heavy atom. The van der Waals surface area contributed by atoms with Gasteiger partial charge in [-0.25, -0.2) is 14.8 Å². The number of nitrogens with zero attached hydrogens (tertiary/aromatic N) is 4. The molecule has 0 radical (unpaired) electrons. The number of aromatic nitrogens is 3. The van der Waals surface area contributed by atoms with Gasteiger partial charge in [0.25, 0.3) is 0 Å². The first-order chi connectivity index (χ1) is 14.5. The molecule has 1 saturated heterocycles. The third kappa shape index (κ3) is 4.12. The molecule has 3 aromatic rings. The molecular formula is C20H20Cl2N6O2. The number of hydrogen-bond donors (Lipinski definition) is 2. The van der Waals surface area contributed by atoms with Gasteiger partial charge in [0.1, 0.15) is 11.0 Å². The van der Waals surface area contributed by atoms with E-state index in [1.807, 2.05) is 6.92 Å². The summed E-state index contributed by atoms with van der Waals surface area (Å²) in [6, 6.07) is 4.66. The van der Waals surface area contributed by atoms with Gasteiger partial charge in [-0.15, -0.1) is 0 Å². The average molecular weight is 447 g/mol. The second-order valence-electron chi connectivity index (χ2n) is 6.91. The molecule has 4 heterocycles. The number of fused-ring (bicyclic) bond motifs is 1. The predicted molar refractivity (Wildman–Crippen MR) is 119 cm³/mol. The molecule has 8 nitrogen and oxygen atoms in total. The number of ether oxygens (including phenoxy) is 1. The molecule has 1 atom stereocenters. The first-order valence-electron chi connectivity index (χ1n) is 9.42. The van der Waals surface area contributed by atoms with E-state index in [4.69, 9.17) is 27.9 Å². The molecule has 4 rings (SSSR count). The average Bonchev–Trinajstić information content (AvgIpc) is 2.67. The summed E-state index contributed by atoms with van der Waals surface area (Å²) in [5.41, 5.74) is 2.86. The van der Waals surface area contributed by atoms with Crippen LogP contribution in [0.1, 0.15) is 25.0 Å². The summed E-state index contributed by atoms with van der Waals surface area (Å²) in [6.45, 7) is 3.74. The zero-order valence-electron chi connectivity index (χ0n) is 16.4. The van der Waals surface area contributed by atoms with Gasteiger partial charge in [0.2, 0.25) is 0 Å². The van der Waals surface area contributed by atoms with E-state index in [-0.39, 0.29) is 6.10 Å². The van der Waals surface area contributed by atoms with Gasteiger partial charge in [-0.1, -0.05) is 23.2 Å². The fourth-order valence-electron chi connectivity index (χ4n) is 3.23. The fraction of sp³-hybridized carbons (Fsp3) is 0.300. The van der Waals surface area contributed by atoms with Gasteiger partial charge >= 0.3 is 6.03 Å². The molecule has 3 aromatic heterocycles. The van der Waals surface area contributed by atoms with Crippen LogP contribution in [-0.4, -0.2) is 41.2 Å². The maximum absolute atomic E-state index is 12.6. The van der Waals surface area contributed by atoms with E-state index in [0.29, 0.717) is 38.1 Å². The van der Waals surface area contributed by atoms with Crippen LogP contribution >= 0.6 is 23.2 Å². The summed E-state index contributed by atoms with van der Waals surface area (Å²) < 4.78 is 5.48. The van der Waals surface area contributed by atoms with Crippen molar-refractivity contribution in [1.82, 2.24) is 15.0 Å². The highest BCUT2D eigenvalue weighted by Gasteiger charge is 2.20. The molecule has 1 aliphatic heterocycles. The Balaban J connectivity index is 1.57. The molecule has 1 aliphatic rings. The smallest absolute Gasteiger partial charge is 0.323 e. The molecule has 2 N–H and O–H groups in total. The highest BCUT2D eigenvalue weighted by Crippen LogP contribution is 2.32. The van der Waals surface area contributed by atoms with E-state index in [1.165, 1.54) is 0 Å². The molecule has 2 amide bonds. The number of methoxy groups -OCH3 is 1. The third-order valence-electron chi connectivity index (χ3n) is 4.96. The summed E-state index contributed by atoms with van der Waals surface area (Å²) in [7, 11) is 1.58. The number of rotatable bonds is 5. The maximum atomic E-state index is 12.6. The number of anilines is 3. The van der Waals surface area contributed by atoms with Crippen LogP contribution in [0.2, 0.25) is 10.2 Å². The highest BCUT2D eigenvalue weighted by molar-refractivity contribution is 6.33. The van der Waals surface area contributed by atoms with Crippen molar-refractivity contribution in [2.75, 3.05) is 35.7 Å². The van der Waals surface area contributed by atoms with E-state index >= 15 is 0 Å². The van der Waals surface area contributed by atoms with Crippen molar-refractivity contribution >= 4 is 57.5 Å². The number of nitrogens with one attached hydrogen (secondary N) is 2. The van der Waals surface area contributed by atoms with Crippen LogP contribution < -0.4 is 15.5 Å². The Morgan fingerprint density at radius 3 is 2.67 bits per heavy atom. The fourth-order valence-corrected chi connectivity index (χ4v) is 3.67. The summed E-state index contributed by atoms with van der Waals surface area (Å²) in [4.78, 5) is 27.8. The monoisotopic (exact) mass is 446 g/mol. The van der Waals surface area contributed by atoms with Crippen LogP contribution in [0.5, 0.6) is 0 Å². The van der Waals surface area contributed by atoms with Crippen LogP contribution in [0.25, 0.3) is 11.0 Å². The molecule has 0 aliphatic carbocycles. The lowest BCUT2D eigenvalue weighted by Crippen LogP contribution is -2.37. The first-order valence-corrected chi connectivity index (χ1v) is 10.2. The number of hydrogen-bond acceptors (Lipinski definition) is 6. The van der Waals surface area contributed by atoms with Gasteiger partial charge < -0.3 is 20.3 Å². The zero-order chi connectivity index (χ0) is 21.3. The van der Waals surface area contributed by atoms with Gasteiger partial charge in [-0.3, -0.25) is 4.98 Å². The third-order valence-corrected chi connectivity index (χ3v) is 5.45. The van der Waals surface area contributed by atoms with Crippen LogP contribution in [0.4, 0.5) is 22.0 Å². The summed E-state index contributed by atoms with van der Waals surface area (Å²) in [5.74, 6) is 0.728. The van der Waals surface area contributed by atoms with Crippen molar-refractivity contribution in [2.45, 2.75) is 19.4 Å². The number of halogens is 2. The second-order valence-corrected chi connectivity index (χ2v) is 7.71. The highest BCUT2D eigenvalue weighted by atomic mass is 35.5. The molecule has 0 aromatic carbocycles. The minimum Gasteiger partial charge on any atom is -0.377 e. The quantitative estimate of drug-likeness (QED) is 0.541. The minimum absolute atomic E-state index is 0.332. The Labute approximate surface area is 183 Å². The number of carbonyl (C=O) groups is 1. The van der Waals surface area contributed by atoms with E-state index in [0.717, 1.165) is 25.3 Å². The Bertz CT molecular complexity index is 1110. The van der Waals surface area contributed by atoms with E-state index in [1.54, 1.807) is 37.7 Å². The van der Waals surface area contributed by atoms with Gasteiger partial charge in [0, 0.05) is 25.8 Å². The van der Waals surface area contributed by atoms with Gasteiger partial charge in [0.15, 0.2) is 0 Å². The van der Waals surface area contributed by atoms with Crippen molar-refractivity contribution in [3.63, 3.8) is 0 Å². The van der Waals surface area contributed by atoms with Crippen LogP contribution in [0, 0.1) is 0 Å². The topological polar surface area (TPSA) is 92.3 Å². The normalized spacial score (nSPS) is 14.3. The molecule has 0 spiro atoms. The van der Waals surface area contributed by atoms with E-state index < -0.39 is 6.03 Å². The molecule has 0 saturated carbocycles. The molecule has 30 heavy (non-hydrogen) atoms. The molecule has 1 fully saturated rings. The molecule has 0 bridgehead atoms. The lowest BCUT2D eigenvalue weighted by molar-refractivity contribution is 0.121. The van der Waals surface area contributed by atoms with Crippen LogP contribution in [0.3, 0.4) is 0 Å². The van der Waals surface area contributed by atoms with Crippen LogP contribution in [0.15, 0.2) is 30.6 Å². The number of urea groups is 1. The Hall–Kier alpha value is -2.68. The number of carbonyl (C=O) groups excluding carboxylic acids is 1. The lowest BCUT2D eigenvalue weighted by Gasteiger charge is -2.32. The van der Waals surface area contributed by atoms with Crippen molar-refractivity contribution < 1.29 is 9.53 Å². The largest absolute Gasteiger partial charge is 0.377 e. The minimum atomic E-state index is -0.461. The van der Waals surface area contributed by atoms with Gasteiger partial charge in [-0.2, -0.15) is 0 Å². The molecular weight excluding hydrogens is 427 g/mol. The predicted octanol–water partition coefficient (Wildman–Crippen LogP) is 4.89. The Morgan fingerprint density at radius 2 is 2.00 bits per heavy atom. The van der Waals surface area contributed by atoms with Crippen molar-refractivity contribution in [3.05, 3.63) is 46.3 Å². The number of amides is 2. The maximum Gasteiger partial charge on any atom is 0.323 e. The second kappa shape index (κ2) is 8.59. The SMILES string of the molecule is COC(C)c1c(NC(=O)Nc2cnc(N3CCC3)c(Cl)c2)cnc2ccc(Cl)nc12. The van der Waals surface area contributed by atoms with Crippen molar-refractivity contribution in [2.24, 2.45) is 0 Å². The zero-order valence-corrected chi connectivity index (χ0v) is 18.0. The van der Waals surface area contributed by atoms with Gasteiger partial charge in [0.05, 0.1) is 45.9 Å². The summed E-state index contributed by atoms with van der Waals surface area (Å²) >= 11 is 12.4. The summed E-state index contributed by atoms with van der Waals surface area (Å²) in [5, 5.41) is 6.38. The Kier molecular flexibility index (Phi) is 5.90. The molecule has 1 unspecified atom stereocenters. The van der Waals surface area contributed by atoms with E-state index in [9.17, 15) is 4.79 Å². The molecule has 156 valence electrons. The van der Waals surface area contributed by atoms with Crippen LogP contribution in [-0.2, 0) is 4.74 Å². The van der Waals surface area contributed by atoms with Gasteiger partial charge in [-0.05, 0) is 31.5 Å². The van der Waals surface area contributed by atoms with Crippen molar-refractivity contribution in [3.8, 4) is 0 Å². The summed E-state index contributed by atoms with van der Waals surface area (Å²) in [6.07, 6.45) is 3.93. The first kappa shape index (κ1) is 20.6.